The van der Waals surface area contributed by atoms with Crippen molar-refractivity contribution in [1.29, 1.82) is 0 Å². The van der Waals surface area contributed by atoms with Gasteiger partial charge in [0, 0.05) is 25.9 Å². The van der Waals surface area contributed by atoms with Crippen molar-refractivity contribution in [3.8, 4) is 0 Å². The van der Waals surface area contributed by atoms with Crippen LogP contribution in [0.2, 0.25) is 0 Å². The number of rotatable bonds is 32. The maximum Gasteiger partial charge on any atom is 0.219 e. The van der Waals surface area contributed by atoms with E-state index in [0.29, 0.717) is 25.9 Å². The highest BCUT2D eigenvalue weighted by Crippen LogP contribution is 2.14. The van der Waals surface area contributed by atoms with Crippen LogP contribution in [-0.4, -0.2) is 24.9 Å². The highest BCUT2D eigenvalue weighted by molar-refractivity contribution is 5.76. The Morgan fingerprint density at radius 2 is 0.564 bits per heavy atom. The van der Waals surface area contributed by atoms with Gasteiger partial charge in [-0.1, -0.05) is 168 Å². The molecule has 0 heterocycles. The maximum atomic E-state index is 12.0. The van der Waals surface area contributed by atoms with Crippen LogP contribution in [0.5, 0.6) is 0 Å². The fourth-order valence-corrected chi connectivity index (χ4v) is 5.33. The van der Waals surface area contributed by atoms with E-state index in [1.165, 1.54) is 154 Å². The van der Waals surface area contributed by atoms with Crippen LogP contribution in [-0.2, 0) is 9.59 Å². The summed E-state index contributed by atoms with van der Waals surface area (Å²) in [6.07, 6.45) is 36.6. The lowest BCUT2D eigenvalue weighted by atomic mass is 10.0. The number of amides is 2. The fraction of sp³-hybridized carbons (Fsp3) is 0.943. The monoisotopic (exact) mass is 551 g/mol. The van der Waals surface area contributed by atoms with Crippen LogP contribution >= 0.6 is 0 Å². The maximum absolute atomic E-state index is 12.0. The van der Waals surface area contributed by atoms with Gasteiger partial charge in [0.2, 0.25) is 11.8 Å². The summed E-state index contributed by atoms with van der Waals surface area (Å²) in [4.78, 5) is 24.0. The highest BCUT2D eigenvalue weighted by atomic mass is 16.2. The number of carbonyl (C=O) groups excluding carboxylic acids is 2. The van der Waals surface area contributed by atoms with E-state index in [1.807, 2.05) is 0 Å². The van der Waals surface area contributed by atoms with Gasteiger partial charge in [0.15, 0.2) is 0 Å². The van der Waals surface area contributed by atoms with Gasteiger partial charge in [0.05, 0.1) is 0 Å². The van der Waals surface area contributed by atoms with Crippen LogP contribution in [0.15, 0.2) is 0 Å². The minimum Gasteiger partial charge on any atom is -0.356 e. The lowest BCUT2D eigenvalue weighted by molar-refractivity contribution is -0.121. The fourth-order valence-electron chi connectivity index (χ4n) is 5.33. The molecule has 0 rings (SSSR count). The molecule has 2 N–H and O–H groups in total. The molecule has 0 aromatic heterocycles. The minimum atomic E-state index is 0.163. The second kappa shape index (κ2) is 33.1. The zero-order chi connectivity index (χ0) is 28.5. The van der Waals surface area contributed by atoms with Gasteiger partial charge in [-0.3, -0.25) is 9.59 Å². The van der Waals surface area contributed by atoms with Crippen molar-refractivity contribution >= 4 is 11.8 Å². The van der Waals surface area contributed by atoms with Gasteiger partial charge in [-0.2, -0.15) is 0 Å². The van der Waals surface area contributed by atoms with E-state index in [-0.39, 0.29) is 11.8 Å². The van der Waals surface area contributed by atoms with Crippen molar-refractivity contribution in [1.82, 2.24) is 10.6 Å². The predicted octanol–water partition coefficient (Wildman–Crippen LogP) is 10.6. The van der Waals surface area contributed by atoms with Gasteiger partial charge < -0.3 is 10.6 Å². The quantitative estimate of drug-likeness (QED) is 0.0818. The highest BCUT2D eigenvalue weighted by Gasteiger charge is 2.03. The molecule has 0 spiro atoms. The molecule has 4 heteroatoms. The second-order valence-corrected chi connectivity index (χ2v) is 12.0. The molecule has 0 aromatic carbocycles. The smallest absolute Gasteiger partial charge is 0.219 e. The number of hydrogen-bond donors (Lipinski definition) is 2. The SMILES string of the molecule is CCCCCCCCCCCCCCCC(=O)NCCCNC(=O)CCCCCCCCCCCCCCC. The molecule has 0 aliphatic heterocycles. The van der Waals surface area contributed by atoms with E-state index in [9.17, 15) is 9.59 Å². The molecule has 0 fully saturated rings. The summed E-state index contributed by atoms with van der Waals surface area (Å²) in [5.74, 6) is 0.327. The Bertz CT molecular complexity index is 465. The van der Waals surface area contributed by atoms with Gasteiger partial charge in [0.25, 0.3) is 0 Å². The normalized spacial score (nSPS) is 11.1. The second-order valence-electron chi connectivity index (χ2n) is 12.0. The first-order valence-electron chi connectivity index (χ1n) is 17.7. The molecular formula is C35H70N2O2. The van der Waals surface area contributed by atoms with Gasteiger partial charge in [-0.15, -0.1) is 0 Å². The molecule has 39 heavy (non-hydrogen) atoms. The largest absolute Gasteiger partial charge is 0.356 e. The Hall–Kier alpha value is -1.06. The molecule has 0 aliphatic rings. The minimum absolute atomic E-state index is 0.163. The average Bonchev–Trinajstić information content (AvgIpc) is 2.93. The first kappa shape index (κ1) is 37.9. The Kier molecular flexibility index (Phi) is 32.2. The van der Waals surface area contributed by atoms with Gasteiger partial charge >= 0.3 is 0 Å². The average molecular weight is 551 g/mol. The van der Waals surface area contributed by atoms with Crippen LogP contribution in [0.25, 0.3) is 0 Å². The summed E-state index contributed by atoms with van der Waals surface area (Å²) in [6.45, 7) is 5.88. The number of unbranched alkanes of at least 4 members (excludes halogenated alkanes) is 24. The molecule has 0 atom stereocenters. The summed E-state index contributed by atoms with van der Waals surface area (Å²) in [5.41, 5.74) is 0. The Balaban J connectivity index is 3.26. The van der Waals surface area contributed by atoms with E-state index in [2.05, 4.69) is 24.5 Å². The zero-order valence-electron chi connectivity index (χ0n) is 26.7. The molecule has 0 aromatic rings. The number of carbonyl (C=O) groups is 2. The van der Waals surface area contributed by atoms with Crippen molar-refractivity contribution in [3.05, 3.63) is 0 Å². The lowest BCUT2D eigenvalue weighted by Crippen LogP contribution is -2.29. The summed E-state index contributed by atoms with van der Waals surface area (Å²) in [5, 5.41) is 6.01. The number of nitrogens with one attached hydrogen (secondary N) is 2. The molecule has 4 nitrogen and oxygen atoms in total. The van der Waals surface area contributed by atoms with E-state index in [1.54, 1.807) is 0 Å². The van der Waals surface area contributed by atoms with Gasteiger partial charge in [0.1, 0.15) is 0 Å². The summed E-state index contributed by atoms with van der Waals surface area (Å²) in [6, 6.07) is 0. The summed E-state index contributed by atoms with van der Waals surface area (Å²) >= 11 is 0. The van der Waals surface area contributed by atoms with E-state index in [4.69, 9.17) is 0 Å². The third-order valence-electron chi connectivity index (χ3n) is 8.01. The van der Waals surface area contributed by atoms with Crippen molar-refractivity contribution < 1.29 is 9.59 Å². The topological polar surface area (TPSA) is 58.2 Å². The first-order valence-corrected chi connectivity index (χ1v) is 17.7. The standard InChI is InChI=1S/C35H70N2O2/c1-3-5-7-9-11-13-15-17-19-21-23-25-27-30-34(38)36-32-29-33-37-35(39)31-28-26-24-22-20-18-16-14-12-10-8-6-4-2/h3-33H2,1-2H3,(H,36,38)(H,37,39). The van der Waals surface area contributed by atoms with E-state index in [0.717, 1.165) is 19.3 Å². The Morgan fingerprint density at radius 1 is 0.333 bits per heavy atom. The van der Waals surface area contributed by atoms with Gasteiger partial charge in [-0.05, 0) is 19.3 Å². The predicted molar refractivity (Wildman–Crippen MR) is 171 cm³/mol. The third kappa shape index (κ3) is 33.0. The van der Waals surface area contributed by atoms with Gasteiger partial charge in [-0.25, -0.2) is 0 Å². The molecule has 232 valence electrons. The lowest BCUT2D eigenvalue weighted by Gasteiger charge is -2.07. The molecule has 0 unspecified atom stereocenters. The van der Waals surface area contributed by atoms with Crippen molar-refractivity contribution in [2.45, 2.75) is 200 Å². The zero-order valence-corrected chi connectivity index (χ0v) is 26.7. The third-order valence-corrected chi connectivity index (χ3v) is 8.01. The van der Waals surface area contributed by atoms with Crippen LogP contribution in [0.3, 0.4) is 0 Å². The number of hydrogen-bond acceptors (Lipinski definition) is 2. The van der Waals surface area contributed by atoms with Crippen LogP contribution in [0.4, 0.5) is 0 Å². The summed E-state index contributed by atoms with van der Waals surface area (Å²) < 4.78 is 0. The van der Waals surface area contributed by atoms with Crippen LogP contribution in [0, 0.1) is 0 Å². The molecule has 0 saturated carbocycles. The first-order chi connectivity index (χ1) is 19.2. The van der Waals surface area contributed by atoms with Crippen LogP contribution in [0.1, 0.15) is 200 Å². The van der Waals surface area contributed by atoms with E-state index >= 15 is 0 Å². The van der Waals surface area contributed by atoms with E-state index < -0.39 is 0 Å². The van der Waals surface area contributed by atoms with Crippen molar-refractivity contribution in [3.63, 3.8) is 0 Å². The molecule has 0 saturated heterocycles. The molecule has 0 bridgehead atoms. The Labute approximate surface area is 245 Å². The molecular weight excluding hydrogens is 480 g/mol. The molecule has 2 amide bonds. The van der Waals surface area contributed by atoms with Crippen LogP contribution < -0.4 is 10.6 Å². The van der Waals surface area contributed by atoms with Crippen molar-refractivity contribution in [2.75, 3.05) is 13.1 Å². The molecule has 0 aliphatic carbocycles. The van der Waals surface area contributed by atoms with Crippen molar-refractivity contribution in [2.24, 2.45) is 0 Å². The summed E-state index contributed by atoms with van der Waals surface area (Å²) in [7, 11) is 0. The Morgan fingerprint density at radius 3 is 0.821 bits per heavy atom. The molecule has 0 radical (unpaired) electrons.